The number of carbonyl (C=O) groups is 2. The molecular formula is C13H15NO4. The lowest BCUT2D eigenvalue weighted by atomic mass is 9.94. The van der Waals surface area contributed by atoms with E-state index in [2.05, 4.69) is 5.32 Å². The standard InChI is InChI=1S/C13H15NO4/c1-3-8-5-6-9-10(7-8)14-11(15)13(9,17)12(16)18-4-2/h5-7,17H,3-4H2,1-2H3,(H,14,15)/t13-/m0/s1. The number of anilines is 1. The van der Waals surface area contributed by atoms with Gasteiger partial charge in [0.1, 0.15) is 0 Å². The number of hydrogen-bond acceptors (Lipinski definition) is 4. The fourth-order valence-electron chi connectivity index (χ4n) is 2.00. The van der Waals surface area contributed by atoms with Crippen molar-refractivity contribution in [2.24, 2.45) is 0 Å². The van der Waals surface area contributed by atoms with Crippen molar-refractivity contribution in [2.45, 2.75) is 25.9 Å². The van der Waals surface area contributed by atoms with Crippen molar-refractivity contribution in [1.82, 2.24) is 0 Å². The lowest BCUT2D eigenvalue weighted by Crippen LogP contribution is -2.43. The summed E-state index contributed by atoms with van der Waals surface area (Å²) in [6.45, 7) is 3.71. The van der Waals surface area contributed by atoms with Crippen LogP contribution in [0, 0.1) is 0 Å². The normalized spacial score (nSPS) is 21.4. The summed E-state index contributed by atoms with van der Waals surface area (Å²) in [5.74, 6) is -1.70. The molecule has 1 atom stereocenters. The Bertz CT molecular complexity index is 512. The molecule has 1 amide bonds. The zero-order chi connectivity index (χ0) is 13.3. The van der Waals surface area contributed by atoms with Gasteiger partial charge >= 0.3 is 5.97 Å². The minimum absolute atomic E-state index is 0.108. The summed E-state index contributed by atoms with van der Waals surface area (Å²) in [6.07, 6.45) is 0.807. The summed E-state index contributed by atoms with van der Waals surface area (Å²) in [4.78, 5) is 23.6. The van der Waals surface area contributed by atoms with Crippen LogP contribution in [0.4, 0.5) is 5.69 Å². The molecule has 96 valence electrons. The Morgan fingerprint density at radius 2 is 2.17 bits per heavy atom. The largest absolute Gasteiger partial charge is 0.463 e. The molecule has 5 nitrogen and oxygen atoms in total. The number of aryl methyl sites for hydroxylation is 1. The van der Waals surface area contributed by atoms with Crippen LogP contribution in [0.25, 0.3) is 0 Å². The third-order valence-electron chi connectivity index (χ3n) is 3.03. The fraction of sp³-hybridized carbons (Fsp3) is 0.385. The van der Waals surface area contributed by atoms with Crippen molar-refractivity contribution >= 4 is 17.6 Å². The molecule has 1 heterocycles. The highest BCUT2D eigenvalue weighted by Crippen LogP contribution is 2.37. The van der Waals surface area contributed by atoms with Crippen LogP contribution in [0.3, 0.4) is 0 Å². The summed E-state index contributed by atoms with van der Waals surface area (Å²) >= 11 is 0. The summed E-state index contributed by atoms with van der Waals surface area (Å²) in [6, 6.07) is 5.12. The van der Waals surface area contributed by atoms with Crippen molar-refractivity contribution in [3.8, 4) is 0 Å². The van der Waals surface area contributed by atoms with Crippen LogP contribution >= 0.6 is 0 Å². The zero-order valence-electron chi connectivity index (χ0n) is 10.3. The van der Waals surface area contributed by atoms with Crippen molar-refractivity contribution in [3.05, 3.63) is 29.3 Å². The molecule has 0 bridgehead atoms. The number of carbonyl (C=O) groups excluding carboxylic acids is 2. The highest BCUT2D eigenvalue weighted by molar-refractivity contribution is 6.17. The van der Waals surface area contributed by atoms with Crippen molar-refractivity contribution in [3.63, 3.8) is 0 Å². The second-order valence-corrected chi connectivity index (χ2v) is 4.12. The Kier molecular flexibility index (Phi) is 3.09. The highest BCUT2D eigenvalue weighted by atomic mass is 16.5. The summed E-state index contributed by atoms with van der Waals surface area (Å²) in [5.41, 5.74) is -0.488. The van der Waals surface area contributed by atoms with E-state index in [4.69, 9.17) is 4.74 Å². The highest BCUT2D eigenvalue weighted by Gasteiger charge is 2.53. The summed E-state index contributed by atoms with van der Waals surface area (Å²) in [7, 11) is 0. The number of ether oxygens (including phenoxy) is 1. The smallest absolute Gasteiger partial charge is 0.353 e. The van der Waals surface area contributed by atoms with Gasteiger partial charge < -0.3 is 15.2 Å². The quantitative estimate of drug-likeness (QED) is 0.617. The molecule has 1 aliphatic rings. The number of hydrogen-bond donors (Lipinski definition) is 2. The Morgan fingerprint density at radius 1 is 1.44 bits per heavy atom. The van der Waals surface area contributed by atoms with Gasteiger partial charge in [0.15, 0.2) is 0 Å². The molecular weight excluding hydrogens is 234 g/mol. The Morgan fingerprint density at radius 3 is 2.78 bits per heavy atom. The van der Waals surface area contributed by atoms with Gasteiger partial charge in [-0.2, -0.15) is 0 Å². The fourth-order valence-corrected chi connectivity index (χ4v) is 2.00. The van der Waals surface area contributed by atoms with E-state index in [-0.39, 0.29) is 12.2 Å². The van der Waals surface area contributed by atoms with E-state index in [0.29, 0.717) is 5.69 Å². The van der Waals surface area contributed by atoms with E-state index >= 15 is 0 Å². The molecule has 1 aromatic rings. The third-order valence-corrected chi connectivity index (χ3v) is 3.03. The van der Waals surface area contributed by atoms with Crippen molar-refractivity contribution < 1.29 is 19.4 Å². The first-order chi connectivity index (χ1) is 8.53. The Labute approximate surface area is 105 Å². The van der Waals surface area contributed by atoms with Gasteiger partial charge in [0.2, 0.25) is 0 Å². The predicted octanol–water partition coefficient (Wildman–Crippen LogP) is 0.952. The molecule has 0 aromatic heterocycles. The maximum Gasteiger partial charge on any atom is 0.353 e. The van der Waals surface area contributed by atoms with Gasteiger partial charge in [-0.15, -0.1) is 0 Å². The zero-order valence-corrected chi connectivity index (χ0v) is 10.3. The van der Waals surface area contributed by atoms with Crippen LogP contribution < -0.4 is 5.32 Å². The number of fused-ring (bicyclic) bond motifs is 1. The first-order valence-electron chi connectivity index (χ1n) is 5.88. The van der Waals surface area contributed by atoms with Gasteiger partial charge in [-0.3, -0.25) is 4.79 Å². The minimum Gasteiger partial charge on any atom is -0.463 e. The SMILES string of the molecule is CCOC(=O)[C@@]1(O)C(=O)Nc2cc(CC)ccc21. The number of amides is 1. The molecule has 0 saturated heterocycles. The number of benzene rings is 1. The number of rotatable bonds is 3. The average molecular weight is 249 g/mol. The van der Waals surface area contributed by atoms with Crippen molar-refractivity contribution in [1.29, 1.82) is 0 Å². The molecule has 0 unspecified atom stereocenters. The van der Waals surface area contributed by atoms with E-state index in [0.717, 1.165) is 12.0 Å². The lowest BCUT2D eigenvalue weighted by Gasteiger charge is -2.18. The molecule has 2 N–H and O–H groups in total. The maximum atomic E-state index is 11.8. The van der Waals surface area contributed by atoms with Gasteiger partial charge in [0.05, 0.1) is 6.61 Å². The summed E-state index contributed by atoms with van der Waals surface area (Å²) < 4.78 is 4.76. The van der Waals surface area contributed by atoms with Crippen LogP contribution in [0.1, 0.15) is 25.0 Å². The molecule has 1 aromatic carbocycles. The van der Waals surface area contributed by atoms with E-state index in [1.807, 2.05) is 6.92 Å². The van der Waals surface area contributed by atoms with Gasteiger partial charge in [-0.1, -0.05) is 19.1 Å². The molecule has 2 rings (SSSR count). The molecule has 5 heteroatoms. The van der Waals surface area contributed by atoms with E-state index in [1.54, 1.807) is 25.1 Å². The van der Waals surface area contributed by atoms with Crippen LogP contribution in [0.5, 0.6) is 0 Å². The van der Waals surface area contributed by atoms with Crippen LogP contribution in [-0.2, 0) is 26.3 Å². The van der Waals surface area contributed by atoms with Crippen molar-refractivity contribution in [2.75, 3.05) is 11.9 Å². The Balaban J connectivity index is 2.47. The molecule has 0 radical (unpaired) electrons. The minimum atomic E-state index is -2.22. The van der Waals surface area contributed by atoms with Gasteiger partial charge in [-0.05, 0) is 25.0 Å². The number of esters is 1. The monoisotopic (exact) mass is 249 g/mol. The van der Waals surface area contributed by atoms with Crippen LogP contribution in [-0.4, -0.2) is 23.6 Å². The van der Waals surface area contributed by atoms with E-state index in [9.17, 15) is 14.7 Å². The first kappa shape index (κ1) is 12.6. The molecule has 0 spiro atoms. The number of nitrogens with one attached hydrogen (secondary N) is 1. The topological polar surface area (TPSA) is 75.6 Å². The van der Waals surface area contributed by atoms with Gasteiger partial charge in [0.25, 0.3) is 11.5 Å². The third kappa shape index (κ3) is 1.67. The second-order valence-electron chi connectivity index (χ2n) is 4.12. The lowest BCUT2D eigenvalue weighted by molar-refractivity contribution is -0.169. The van der Waals surface area contributed by atoms with E-state index in [1.165, 1.54) is 0 Å². The van der Waals surface area contributed by atoms with Gasteiger partial charge in [0, 0.05) is 11.3 Å². The molecule has 0 aliphatic carbocycles. The predicted molar refractivity (Wildman–Crippen MR) is 65.0 cm³/mol. The summed E-state index contributed by atoms with van der Waals surface area (Å²) in [5, 5.41) is 12.8. The van der Waals surface area contributed by atoms with Crippen LogP contribution in [0.2, 0.25) is 0 Å². The maximum absolute atomic E-state index is 11.8. The molecule has 0 fully saturated rings. The van der Waals surface area contributed by atoms with Crippen LogP contribution in [0.15, 0.2) is 18.2 Å². The second kappa shape index (κ2) is 4.42. The Hall–Kier alpha value is -1.88. The molecule has 18 heavy (non-hydrogen) atoms. The first-order valence-corrected chi connectivity index (χ1v) is 5.88. The molecule has 0 saturated carbocycles. The van der Waals surface area contributed by atoms with E-state index < -0.39 is 17.5 Å². The number of aliphatic hydroxyl groups is 1. The average Bonchev–Trinajstić information content (AvgIpc) is 2.62. The molecule has 1 aliphatic heterocycles. The van der Waals surface area contributed by atoms with Gasteiger partial charge in [-0.25, -0.2) is 4.79 Å².